The lowest BCUT2D eigenvalue weighted by Gasteiger charge is -2.17. The number of hydrogen-bond donors (Lipinski definition) is 2. The Morgan fingerprint density at radius 3 is 2.38 bits per heavy atom. The van der Waals surface area contributed by atoms with Crippen LogP contribution in [0.1, 0.15) is 6.92 Å². The molecule has 0 unspecified atom stereocenters. The highest BCUT2D eigenvalue weighted by Gasteiger charge is 2.17. The lowest BCUT2D eigenvalue weighted by Crippen LogP contribution is -2.47. The van der Waals surface area contributed by atoms with Crippen molar-refractivity contribution in [3.05, 3.63) is 0 Å². The molecule has 7 heteroatoms. The zero-order valence-electron chi connectivity index (χ0n) is 9.86. The van der Waals surface area contributed by atoms with Crippen molar-refractivity contribution in [2.75, 3.05) is 27.7 Å². The van der Waals surface area contributed by atoms with Gasteiger partial charge in [-0.2, -0.15) is 0 Å². The zero-order chi connectivity index (χ0) is 12.7. The highest BCUT2D eigenvalue weighted by Crippen LogP contribution is 1.89. The van der Waals surface area contributed by atoms with Crippen molar-refractivity contribution in [2.24, 2.45) is 0 Å². The average molecular weight is 231 g/mol. The average Bonchev–Trinajstić information content (AvgIpc) is 2.26. The topological polar surface area (TPSA) is 87.7 Å². The summed E-state index contributed by atoms with van der Waals surface area (Å²) in [4.78, 5) is 34.5. The van der Waals surface area contributed by atoms with Crippen LogP contribution in [0.4, 0.5) is 4.79 Å². The van der Waals surface area contributed by atoms with E-state index in [9.17, 15) is 14.4 Å². The third kappa shape index (κ3) is 4.63. The SMILES string of the molecule is CNC(=O)[C@H](C)NC(=O)CN(C)C(=O)OC. The molecule has 16 heavy (non-hydrogen) atoms. The number of nitrogens with one attached hydrogen (secondary N) is 2. The molecule has 0 saturated carbocycles. The lowest BCUT2D eigenvalue weighted by molar-refractivity contribution is -0.128. The Morgan fingerprint density at radius 2 is 1.94 bits per heavy atom. The molecule has 0 radical (unpaired) electrons. The molecule has 0 aromatic carbocycles. The van der Waals surface area contributed by atoms with E-state index in [1.807, 2.05) is 0 Å². The molecule has 0 aromatic heterocycles. The number of carbonyl (C=O) groups excluding carboxylic acids is 3. The summed E-state index contributed by atoms with van der Waals surface area (Å²) in [6.07, 6.45) is -0.609. The van der Waals surface area contributed by atoms with E-state index in [1.54, 1.807) is 6.92 Å². The highest BCUT2D eigenvalue weighted by molar-refractivity contribution is 5.88. The summed E-state index contributed by atoms with van der Waals surface area (Å²) in [5, 5.41) is 4.84. The van der Waals surface area contributed by atoms with Crippen LogP contribution in [0.25, 0.3) is 0 Å². The molecule has 0 aliphatic carbocycles. The molecule has 0 saturated heterocycles. The van der Waals surface area contributed by atoms with Crippen LogP contribution in [0.5, 0.6) is 0 Å². The molecule has 0 fully saturated rings. The maximum absolute atomic E-state index is 11.4. The van der Waals surface area contributed by atoms with Crippen molar-refractivity contribution in [2.45, 2.75) is 13.0 Å². The Hall–Kier alpha value is -1.79. The Morgan fingerprint density at radius 1 is 1.38 bits per heavy atom. The second-order valence-corrected chi connectivity index (χ2v) is 3.23. The molecular formula is C9H17N3O4. The molecule has 2 N–H and O–H groups in total. The minimum Gasteiger partial charge on any atom is -0.453 e. The second kappa shape index (κ2) is 6.65. The van der Waals surface area contributed by atoms with Gasteiger partial charge in [0.1, 0.15) is 12.6 Å². The summed E-state index contributed by atoms with van der Waals surface area (Å²) in [5.41, 5.74) is 0. The van der Waals surface area contributed by atoms with E-state index in [4.69, 9.17) is 0 Å². The number of carbonyl (C=O) groups is 3. The molecule has 0 aromatic rings. The molecule has 92 valence electrons. The molecule has 0 aliphatic heterocycles. The summed E-state index contributed by atoms with van der Waals surface area (Å²) < 4.78 is 4.41. The van der Waals surface area contributed by atoms with Gasteiger partial charge in [0.15, 0.2) is 0 Å². The van der Waals surface area contributed by atoms with Gasteiger partial charge in [-0.15, -0.1) is 0 Å². The highest BCUT2D eigenvalue weighted by atomic mass is 16.5. The molecule has 0 rings (SSSR count). The maximum Gasteiger partial charge on any atom is 0.409 e. The third-order valence-corrected chi connectivity index (χ3v) is 1.88. The van der Waals surface area contributed by atoms with Crippen LogP contribution in [0.2, 0.25) is 0 Å². The van der Waals surface area contributed by atoms with E-state index in [-0.39, 0.29) is 12.5 Å². The predicted octanol–water partition coefficient (Wildman–Crippen LogP) is -1.06. The van der Waals surface area contributed by atoms with Crippen LogP contribution in [-0.2, 0) is 14.3 Å². The molecule has 7 nitrogen and oxygen atoms in total. The van der Waals surface area contributed by atoms with Gasteiger partial charge < -0.3 is 20.3 Å². The van der Waals surface area contributed by atoms with Gasteiger partial charge in [0, 0.05) is 14.1 Å². The fourth-order valence-corrected chi connectivity index (χ4v) is 1.00. The lowest BCUT2D eigenvalue weighted by atomic mass is 10.3. The van der Waals surface area contributed by atoms with Crippen molar-refractivity contribution in [1.29, 1.82) is 0 Å². The summed E-state index contributed by atoms with van der Waals surface area (Å²) in [7, 11) is 4.13. The summed E-state index contributed by atoms with van der Waals surface area (Å²) in [6.45, 7) is 1.39. The van der Waals surface area contributed by atoms with Gasteiger partial charge in [0.25, 0.3) is 0 Å². The number of likely N-dealkylation sites (N-methyl/N-ethyl adjacent to an activating group) is 2. The largest absolute Gasteiger partial charge is 0.453 e. The van der Waals surface area contributed by atoms with Gasteiger partial charge in [0.2, 0.25) is 11.8 Å². The van der Waals surface area contributed by atoms with Gasteiger partial charge in [-0.05, 0) is 6.92 Å². The minimum atomic E-state index is -0.636. The Balaban J connectivity index is 4.08. The van der Waals surface area contributed by atoms with Crippen molar-refractivity contribution >= 4 is 17.9 Å². The van der Waals surface area contributed by atoms with E-state index in [0.29, 0.717) is 0 Å². The van der Waals surface area contributed by atoms with Crippen LogP contribution in [0, 0.1) is 0 Å². The number of methoxy groups -OCH3 is 1. The molecule has 0 aliphatic rings. The van der Waals surface area contributed by atoms with E-state index < -0.39 is 18.0 Å². The van der Waals surface area contributed by atoms with Crippen molar-refractivity contribution in [3.8, 4) is 0 Å². The molecule has 0 spiro atoms. The Kier molecular flexibility index (Phi) is 5.91. The number of ether oxygens (including phenoxy) is 1. The van der Waals surface area contributed by atoms with Crippen LogP contribution < -0.4 is 10.6 Å². The number of rotatable bonds is 4. The molecule has 0 bridgehead atoms. The standard InChI is InChI=1S/C9H17N3O4/c1-6(8(14)10-2)11-7(13)5-12(3)9(15)16-4/h6H,5H2,1-4H3,(H,10,14)(H,11,13)/t6-/m0/s1. The molecule has 0 heterocycles. The van der Waals surface area contributed by atoms with Crippen LogP contribution >= 0.6 is 0 Å². The van der Waals surface area contributed by atoms with Gasteiger partial charge in [-0.1, -0.05) is 0 Å². The van der Waals surface area contributed by atoms with Gasteiger partial charge in [-0.3, -0.25) is 9.59 Å². The van der Waals surface area contributed by atoms with Gasteiger partial charge >= 0.3 is 6.09 Å². The fourth-order valence-electron chi connectivity index (χ4n) is 1.00. The molecule has 3 amide bonds. The maximum atomic E-state index is 11.4. The smallest absolute Gasteiger partial charge is 0.409 e. The van der Waals surface area contributed by atoms with Gasteiger partial charge in [-0.25, -0.2) is 4.79 Å². The first-order valence-corrected chi connectivity index (χ1v) is 4.72. The van der Waals surface area contributed by atoms with Crippen LogP contribution in [0.3, 0.4) is 0 Å². The normalized spacial score (nSPS) is 11.2. The van der Waals surface area contributed by atoms with E-state index in [2.05, 4.69) is 15.4 Å². The second-order valence-electron chi connectivity index (χ2n) is 3.23. The molecular weight excluding hydrogens is 214 g/mol. The third-order valence-electron chi connectivity index (χ3n) is 1.88. The summed E-state index contributed by atoms with van der Waals surface area (Å²) >= 11 is 0. The fraction of sp³-hybridized carbons (Fsp3) is 0.667. The number of amides is 3. The first-order valence-electron chi connectivity index (χ1n) is 4.72. The van der Waals surface area contributed by atoms with Crippen molar-refractivity contribution < 1.29 is 19.1 Å². The zero-order valence-corrected chi connectivity index (χ0v) is 9.86. The first kappa shape index (κ1) is 14.2. The van der Waals surface area contributed by atoms with Crippen molar-refractivity contribution in [3.63, 3.8) is 0 Å². The minimum absolute atomic E-state index is 0.159. The number of hydrogen-bond acceptors (Lipinski definition) is 4. The Bertz CT molecular complexity index is 254. The first-order chi connectivity index (χ1) is 7.42. The Labute approximate surface area is 94.1 Å². The summed E-state index contributed by atoms with van der Waals surface area (Å²) in [6, 6.07) is -0.636. The predicted molar refractivity (Wildman–Crippen MR) is 56.7 cm³/mol. The number of nitrogens with zero attached hydrogens (tertiary/aromatic N) is 1. The van der Waals surface area contributed by atoms with Crippen LogP contribution in [-0.4, -0.2) is 56.6 Å². The van der Waals surface area contributed by atoms with Crippen LogP contribution in [0.15, 0.2) is 0 Å². The van der Waals surface area contributed by atoms with Crippen molar-refractivity contribution in [1.82, 2.24) is 15.5 Å². The quantitative estimate of drug-likeness (QED) is 0.645. The monoisotopic (exact) mass is 231 g/mol. The van der Waals surface area contributed by atoms with E-state index in [0.717, 1.165) is 4.90 Å². The molecule has 1 atom stereocenters. The van der Waals surface area contributed by atoms with Gasteiger partial charge in [0.05, 0.1) is 7.11 Å². The summed E-state index contributed by atoms with van der Waals surface area (Å²) in [5.74, 6) is -0.724. The van der Waals surface area contributed by atoms with E-state index in [1.165, 1.54) is 21.2 Å². The van der Waals surface area contributed by atoms with E-state index >= 15 is 0 Å².